The Morgan fingerprint density at radius 3 is 1.37 bits per heavy atom. The molecule has 0 aliphatic carbocycles. The van der Waals surface area contributed by atoms with Crippen molar-refractivity contribution in [3.05, 3.63) is 96.1 Å². The predicted octanol–water partition coefficient (Wildman–Crippen LogP) is 4.74. The van der Waals surface area contributed by atoms with Crippen LogP contribution in [0, 0.1) is 0 Å². The van der Waals surface area contributed by atoms with Gasteiger partial charge in [-0.2, -0.15) is 0 Å². The van der Waals surface area contributed by atoms with Gasteiger partial charge >= 0.3 is 0 Å². The number of benzene rings is 4. The van der Waals surface area contributed by atoms with Crippen LogP contribution < -0.4 is 0 Å². The SMILES string of the molecule is Oc1ccccc1-n1n2c3ccc(CCCc4ccc5c(c4)n4n(-c6ccccc6O)n54)cc3n12. The Balaban J connectivity index is 0.993. The molecule has 172 valence electrons. The second-order valence-electron chi connectivity index (χ2n) is 9.21. The van der Waals surface area contributed by atoms with Crippen molar-refractivity contribution in [2.45, 2.75) is 19.3 Å². The van der Waals surface area contributed by atoms with E-state index in [4.69, 9.17) is 0 Å². The van der Waals surface area contributed by atoms with Crippen LogP contribution in [0.15, 0.2) is 84.9 Å². The van der Waals surface area contributed by atoms with Gasteiger partial charge in [0.1, 0.15) is 44.9 Å². The van der Waals surface area contributed by atoms with E-state index in [1.54, 1.807) is 12.1 Å². The summed E-state index contributed by atoms with van der Waals surface area (Å²) < 4.78 is 8.28. The van der Waals surface area contributed by atoms with Crippen molar-refractivity contribution in [3.63, 3.8) is 0 Å². The fraction of sp³-hybridized carbons (Fsp3) is 0.111. The van der Waals surface area contributed by atoms with E-state index >= 15 is 0 Å². The van der Waals surface area contributed by atoms with Crippen LogP contribution in [0.4, 0.5) is 0 Å². The maximum Gasteiger partial charge on any atom is 0.143 e. The number of fused-ring (bicyclic) bond motifs is 8. The molecule has 4 aromatic heterocycles. The van der Waals surface area contributed by atoms with Crippen molar-refractivity contribution in [1.29, 1.82) is 0 Å². The lowest BCUT2D eigenvalue weighted by molar-refractivity contribution is 0.471. The minimum atomic E-state index is 0.279. The van der Waals surface area contributed by atoms with Crippen molar-refractivity contribution in [2.24, 2.45) is 0 Å². The summed E-state index contributed by atoms with van der Waals surface area (Å²) in [5.74, 6) is 0.557. The summed E-state index contributed by atoms with van der Waals surface area (Å²) in [7, 11) is 0. The van der Waals surface area contributed by atoms with Crippen LogP contribution in [0.5, 0.6) is 11.5 Å². The first-order valence-electron chi connectivity index (χ1n) is 11.8. The Morgan fingerprint density at radius 2 is 0.914 bits per heavy atom. The van der Waals surface area contributed by atoms with Gasteiger partial charge in [-0.05, 0) is 78.9 Å². The Bertz CT molecular complexity index is 1830. The topological polar surface area (TPSA) is 68.0 Å². The van der Waals surface area contributed by atoms with Crippen LogP contribution in [0.2, 0.25) is 0 Å². The van der Waals surface area contributed by atoms with Gasteiger partial charge in [-0.25, -0.2) is 0 Å². The number of phenolic OH excluding ortho intramolecular Hbond substituents is 2. The Morgan fingerprint density at radius 1 is 0.486 bits per heavy atom. The van der Waals surface area contributed by atoms with Crippen molar-refractivity contribution < 1.29 is 10.2 Å². The second-order valence-corrected chi connectivity index (χ2v) is 9.21. The molecule has 0 unspecified atom stereocenters. The molecule has 35 heavy (non-hydrogen) atoms. The van der Waals surface area contributed by atoms with E-state index in [2.05, 4.69) is 54.9 Å². The normalized spacial score (nSPS) is 12.6. The molecule has 0 aliphatic heterocycles. The van der Waals surface area contributed by atoms with Gasteiger partial charge in [-0.15, -0.1) is 28.1 Å². The smallest absolute Gasteiger partial charge is 0.143 e. The number of hydrogen-bond donors (Lipinski definition) is 2. The average Bonchev–Trinajstić information content (AvgIpc) is 3.72. The van der Waals surface area contributed by atoms with E-state index in [1.165, 1.54) is 22.2 Å². The minimum absolute atomic E-state index is 0.279. The molecule has 0 bridgehead atoms. The molecule has 0 aliphatic rings. The molecule has 8 aromatic rings. The predicted molar refractivity (Wildman–Crippen MR) is 133 cm³/mol. The van der Waals surface area contributed by atoms with Crippen molar-refractivity contribution in [2.75, 3.05) is 0 Å². The quantitative estimate of drug-likeness (QED) is 0.375. The first-order valence-corrected chi connectivity index (χ1v) is 11.8. The Hall–Kier alpha value is -4.72. The van der Waals surface area contributed by atoms with Gasteiger partial charge in [-0.3, -0.25) is 0 Å². The molecule has 0 saturated heterocycles. The molecule has 0 saturated carbocycles. The molecule has 0 atom stereocenters. The first-order chi connectivity index (χ1) is 17.2. The highest BCUT2D eigenvalue weighted by atomic mass is 16.3. The van der Waals surface area contributed by atoms with Crippen LogP contribution in [0.25, 0.3) is 33.4 Å². The molecule has 0 spiro atoms. The van der Waals surface area contributed by atoms with Gasteiger partial charge in [0.15, 0.2) is 0 Å². The van der Waals surface area contributed by atoms with E-state index in [0.717, 1.165) is 41.7 Å². The third-order valence-electron chi connectivity index (χ3n) is 7.08. The van der Waals surface area contributed by atoms with Crippen molar-refractivity contribution in [3.8, 4) is 22.9 Å². The molecule has 2 N–H and O–H groups in total. The van der Waals surface area contributed by atoms with Crippen molar-refractivity contribution >= 4 is 22.1 Å². The van der Waals surface area contributed by atoms with Crippen LogP contribution in [0.1, 0.15) is 17.5 Å². The monoisotopic (exact) mass is 462 g/mol. The van der Waals surface area contributed by atoms with Crippen LogP contribution in [-0.4, -0.2) is 38.3 Å². The summed E-state index contributed by atoms with van der Waals surface area (Å²) in [5.41, 5.74) is 8.90. The summed E-state index contributed by atoms with van der Waals surface area (Å²) in [5, 5.41) is 20.3. The van der Waals surface area contributed by atoms with Gasteiger partial charge in [0.05, 0.1) is 0 Å². The lowest BCUT2D eigenvalue weighted by Crippen LogP contribution is -1.96. The standard InChI is InChI=1S/C27H22N6O2/c34-26-10-3-1-8-22(26)30-28-20-14-12-18(16-24(20)32(28)30)6-5-7-19-13-15-21-25(17-19)33-29(21)31(33)23-9-2-4-11-27(23)35/h1-4,8-17,34-35H,5-7H2. The first kappa shape index (κ1) is 18.7. The average molecular weight is 463 g/mol. The summed E-state index contributed by atoms with van der Waals surface area (Å²) in [4.78, 5) is 3.97. The third kappa shape index (κ3) is 2.50. The molecule has 0 amide bonds. The van der Waals surface area contributed by atoms with Crippen LogP contribution >= 0.6 is 0 Å². The number of phenols is 2. The number of para-hydroxylation sites is 4. The van der Waals surface area contributed by atoms with E-state index in [-0.39, 0.29) is 11.5 Å². The minimum Gasteiger partial charge on any atom is -0.506 e. The highest BCUT2D eigenvalue weighted by Crippen LogP contribution is 2.32. The van der Waals surface area contributed by atoms with E-state index in [9.17, 15) is 10.2 Å². The molecule has 4 aromatic carbocycles. The van der Waals surface area contributed by atoms with Gasteiger partial charge in [0, 0.05) is 0 Å². The summed E-state index contributed by atoms with van der Waals surface area (Å²) >= 11 is 0. The summed E-state index contributed by atoms with van der Waals surface area (Å²) in [6.07, 6.45) is 3.08. The van der Waals surface area contributed by atoms with Crippen molar-refractivity contribution in [1.82, 2.24) is 28.1 Å². The van der Waals surface area contributed by atoms with E-state index < -0.39 is 0 Å². The number of aryl methyl sites for hydroxylation is 2. The molecular weight excluding hydrogens is 440 g/mol. The highest BCUT2D eigenvalue weighted by molar-refractivity contribution is 5.81. The zero-order valence-corrected chi connectivity index (χ0v) is 18.8. The number of rotatable bonds is 6. The van der Waals surface area contributed by atoms with Crippen LogP contribution in [0.3, 0.4) is 0 Å². The lowest BCUT2D eigenvalue weighted by Gasteiger charge is -2.06. The summed E-state index contributed by atoms with van der Waals surface area (Å²) in [6, 6.07) is 28.0. The second kappa shape index (κ2) is 6.44. The molecule has 0 radical (unpaired) electrons. The molecule has 4 heterocycles. The maximum atomic E-state index is 10.2. The number of aromatic nitrogens is 6. The molecular formula is C27H22N6O2. The Labute approximate surface area is 198 Å². The number of aromatic hydroxyl groups is 2. The maximum absolute atomic E-state index is 10.2. The zero-order chi connectivity index (χ0) is 23.3. The van der Waals surface area contributed by atoms with Gasteiger partial charge in [0.25, 0.3) is 0 Å². The largest absolute Gasteiger partial charge is 0.506 e. The highest BCUT2D eigenvalue weighted by Gasteiger charge is 2.26. The van der Waals surface area contributed by atoms with Gasteiger partial charge in [-0.1, -0.05) is 36.4 Å². The fourth-order valence-corrected chi connectivity index (χ4v) is 5.26. The van der Waals surface area contributed by atoms with E-state index in [0.29, 0.717) is 0 Å². The zero-order valence-electron chi connectivity index (χ0n) is 18.8. The fourth-order valence-electron chi connectivity index (χ4n) is 5.26. The van der Waals surface area contributed by atoms with E-state index in [1.807, 2.05) is 46.0 Å². The van der Waals surface area contributed by atoms with Gasteiger partial charge in [0.2, 0.25) is 0 Å². The van der Waals surface area contributed by atoms with Crippen LogP contribution in [-0.2, 0) is 12.8 Å². The number of hydrogen-bond acceptors (Lipinski definition) is 2. The number of nitrogens with zero attached hydrogens (tertiary/aromatic N) is 6. The molecule has 8 rings (SSSR count). The molecule has 0 fully saturated rings. The molecule has 8 nitrogen and oxygen atoms in total. The molecule has 8 heteroatoms. The summed E-state index contributed by atoms with van der Waals surface area (Å²) in [6.45, 7) is 0. The lowest BCUT2D eigenvalue weighted by atomic mass is 10.0. The third-order valence-corrected chi connectivity index (χ3v) is 7.08. The Kier molecular flexibility index (Phi) is 3.44. The van der Waals surface area contributed by atoms with Gasteiger partial charge < -0.3 is 10.2 Å².